The molecule has 0 radical (unpaired) electrons. The van der Waals surface area contributed by atoms with Crippen molar-refractivity contribution in [2.75, 3.05) is 19.8 Å². The number of fused-ring (bicyclic) bond motifs is 1. The lowest BCUT2D eigenvalue weighted by molar-refractivity contribution is -0.139. The highest BCUT2D eigenvalue weighted by Crippen LogP contribution is 2.45. The first-order valence-electron chi connectivity index (χ1n) is 11.7. The Morgan fingerprint density at radius 3 is 2.62 bits per heavy atom. The number of hydrogen-bond acceptors (Lipinski definition) is 6. The summed E-state index contributed by atoms with van der Waals surface area (Å²) in [5.41, 5.74) is 4.51. The van der Waals surface area contributed by atoms with Gasteiger partial charge in [-0.05, 0) is 45.7 Å². The number of esters is 1. The fourth-order valence-electron chi connectivity index (χ4n) is 4.93. The van der Waals surface area contributed by atoms with Crippen molar-refractivity contribution in [1.29, 1.82) is 0 Å². The first-order chi connectivity index (χ1) is 16.3. The number of aliphatic imine (C=N–C) groups is 1. The maximum absolute atomic E-state index is 13.2. The van der Waals surface area contributed by atoms with Crippen LogP contribution in [0.25, 0.3) is 0 Å². The monoisotopic (exact) mass is 483 g/mol. The maximum atomic E-state index is 13.2. The normalized spacial score (nSPS) is 19.9. The van der Waals surface area contributed by atoms with Gasteiger partial charge in [0.1, 0.15) is 11.6 Å². The molecular formula is C26H30ClN3O4. The van der Waals surface area contributed by atoms with Crippen LogP contribution in [0.15, 0.2) is 40.5 Å². The molecule has 1 aliphatic heterocycles. The smallest absolute Gasteiger partial charge is 0.336 e. The van der Waals surface area contributed by atoms with Crippen molar-refractivity contribution < 1.29 is 19.1 Å². The van der Waals surface area contributed by atoms with Crippen LogP contribution in [0.3, 0.4) is 0 Å². The quantitative estimate of drug-likeness (QED) is 0.407. The summed E-state index contributed by atoms with van der Waals surface area (Å²) >= 11 is 6.55. The van der Waals surface area contributed by atoms with E-state index in [1.165, 1.54) is 0 Å². The average molecular weight is 484 g/mol. The molecule has 8 heteroatoms. The van der Waals surface area contributed by atoms with E-state index in [4.69, 9.17) is 26.1 Å². The Morgan fingerprint density at radius 2 is 1.94 bits per heavy atom. The number of hydrogen-bond donors (Lipinski definition) is 0. The highest BCUT2D eigenvalue weighted by Gasteiger charge is 2.46. The van der Waals surface area contributed by atoms with E-state index < -0.39 is 17.8 Å². The van der Waals surface area contributed by atoms with E-state index in [0.29, 0.717) is 42.3 Å². The van der Waals surface area contributed by atoms with Gasteiger partial charge in [-0.25, -0.2) is 9.78 Å². The average Bonchev–Trinajstić information content (AvgIpc) is 3.29. The van der Waals surface area contributed by atoms with E-state index >= 15 is 0 Å². The third kappa shape index (κ3) is 4.59. The van der Waals surface area contributed by atoms with Crippen molar-refractivity contribution in [1.82, 2.24) is 9.55 Å². The minimum atomic E-state index is -0.533. The van der Waals surface area contributed by atoms with Crippen LogP contribution in [0.2, 0.25) is 5.02 Å². The number of carbonyl (C=O) groups excluding carboxylic acids is 2. The number of nitrogens with zero attached hydrogens (tertiary/aromatic N) is 3. The second-order valence-electron chi connectivity index (χ2n) is 8.66. The molecule has 0 amide bonds. The van der Waals surface area contributed by atoms with E-state index in [2.05, 4.69) is 9.55 Å². The number of Topliss-reactive ketones (excluding diaryl/α,β-unsaturated/α-hetero) is 1. The zero-order chi connectivity index (χ0) is 24.4. The molecule has 0 spiro atoms. The molecule has 2 heterocycles. The van der Waals surface area contributed by atoms with Gasteiger partial charge in [-0.15, -0.1) is 0 Å². The Bertz CT molecular complexity index is 1180. The summed E-state index contributed by atoms with van der Waals surface area (Å²) in [5.74, 6) is -0.497. The summed E-state index contributed by atoms with van der Waals surface area (Å²) < 4.78 is 13.5. The predicted molar refractivity (Wildman–Crippen MR) is 130 cm³/mol. The molecule has 1 aliphatic carbocycles. The van der Waals surface area contributed by atoms with Crippen molar-refractivity contribution in [3.05, 3.63) is 63.3 Å². The number of aryl methyl sites for hydroxylation is 2. The van der Waals surface area contributed by atoms with Crippen molar-refractivity contribution in [3.63, 3.8) is 0 Å². The van der Waals surface area contributed by atoms with Crippen molar-refractivity contribution >= 4 is 29.1 Å². The highest BCUT2D eigenvalue weighted by atomic mass is 35.5. The number of ether oxygens (including phenoxy) is 2. The molecule has 1 aromatic heterocycles. The zero-order valence-electron chi connectivity index (χ0n) is 20.1. The highest BCUT2D eigenvalue weighted by molar-refractivity contribution is 6.31. The van der Waals surface area contributed by atoms with Gasteiger partial charge < -0.3 is 14.0 Å². The van der Waals surface area contributed by atoms with E-state index in [-0.39, 0.29) is 19.0 Å². The van der Waals surface area contributed by atoms with Crippen LogP contribution in [-0.2, 0) is 25.6 Å². The number of carbonyl (C=O) groups is 2. The first kappa shape index (κ1) is 24.4. The second-order valence-corrected chi connectivity index (χ2v) is 9.07. The van der Waals surface area contributed by atoms with Gasteiger partial charge in [0, 0.05) is 35.3 Å². The van der Waals surface area contributed by atoms with Crippen LogP contribution in [0.1, 0.15) is 48.5 Å². The number of imidazole rings is 1. The van der Waals surface area contributed by atoms with Gasteiger partial charge in [0.05, 0.1) is 42.7 Å². The van der Waals surface area contributed by atoms with Crippen LogP contribution in [-0.4, -0.2) is 46.8 Å². The molecule has 0 bridgehead atoms. The lowest BCUT2D eigenvalue weighted by atomic mass is 9.75. The molecule has 2 aliphatic rings. The third-order valence-corrected chi connectivity index (χ3v) is 6.99. The summed E-state index contributed by atoms with van der Waals surface area (Å²) in [6.45, 7) is 9.20. The molecule has 2 aromatic rings. The summed E-state index contributed by atoms with van der Waals surface area (Å²) in [7, 11) is 0. The summed E-state index contributed by atoms with van der Waals surface area (Å²) in [5, 5.41) is 0.511. The van der Waals surface area contributed by atoms with Crippen LogP contribution in [0.4, 0.5) is 0 Å². The molecule has 180 valence electrons. The molecule has 7 nitrogen and oxygen atoms in total. The van der Waals surface area contributed by atoms with Gasteiger partial charge in [-0.3, -0.25) is 9.79 Å². The van der Waals surface area contributed by atoms with Crippen LogP contribution in [0, 0.1) is 26.7 Å². The van der Waals surface area contributed by atoms with E-state index in [1.807, 2.05) is 39.0 Å². The Hall–Kier alpha value is -2.77. The SMILES string of the molecule is CCOC(=O)C1=C(COCCn2c(C)nc(C)c2C)N=C2CCC(=O)C2C1c1ccccc1Cl. The maximum Gasteiger partial charge on any atom is 0.336 e. The molecule has 4 rings (SSSR count). The fourth-order valence-corrected chi connectivity index (χ4v) is 5.19. The largest absolute Gasteiger partial charge is 0.463 e. The molecule has 0 N–H and O–H groups in total. The molecule has 1 aromatic carbocycles. The molecular weight excluding hydrogens is 454 g/mol. The van der Waals surface area contributed by atoms with Gasteiger partial charge >= 0.3 is 5.97 Å². The zero-order valence-corrected chi connectivity index (χ0v) is 20.8. The van der Waals surface area contributed by atoms with Gasteiger partial charge in [0.25, 0.3) is 0 Å². The lowest BCUT2D eigenvalue weighted by Crippen LogP contribution is -2.33. The summed E-state index contributed by atoms with van der Waals surface area (Å²) in [6, 6.07) is 7.34. The number of rotatable bonds is 8. The molecule has 2 unspecified atom stereocenters. The number of benzene rings is 1. The van der Waals surface area contributed by atoms with Crippen molar-refractivity contribution in [2.24, 2.45) is 10.9 Å². The fraction of sp³-hybridized carbons (Fsp3) is 0.462. The van der Waals surface area contributed by atoms with Gasteiger partial charge in [0.2, 0.25) is 0 Å². The number of aromatic nitrogens is 2. The van der Waals surface area contributed by atoms with Crippen LogP contribution < -0.4 is 0 Å². The number of halogens is 1. The van der Waals surface area contributed by atoms with Gasteiger partial charge in [0.15, 0.2) is 0 Å². The Kier molecular flexibility index (Phi) is 7.33. The molecule has 0 saturated heterocycles. The van der Waals surface area contributed by atoms with Crippen LogP contribution in [0.5, 0.6) is 0 Å². The van der Waals surface area contributed by atoms with E-state index in [1.54, 1.807) is 13.0 Å². The molecule has 1 fully saturated rings. The van der Waals surface area contributed by atoms with Gasteiger partial charge in [-0.1, -0.05) is 29.8 Å². The van der Waals surface area contributed by atoms with Gasteiger partial charge in [-0.2, -0.15) is 0 Å². The Morgan fingerprint density at radius 1 is 1.18 bits per heavy atom. The standard InChI is InChI=1S/C26H30ClN3O4/c1-5-34-26(32)25-21(14-33-13-12-30-16(3)15(2)28-17(30)4)29-20-10-11-22(31)24(20)23(25)18-8-6-7-9-19(18)27/h6-9,23-24H,5,10-14H2,1-4H3. The molecule has 1 saturated carbocycles. The Labute approximate surface area is 204 Å². The summed E-state index contributed by atoms with van der Waals surface area (Å²) in [4.78, 5) is 35.3. The van der Waals surface area contributed by atoms with Crippen LogP contribution >= 0.6 is 11.6 Å². The topological polar surface area (TPSA) is 82.8 Å². The minimum absolute atomic E-state index is 0.0758. The lowest BCUT2D eigenvalue weighted by Gasteiger charge is -2.31. The van der Waals surface area contributed by atoms with Crippen molar-refractivity contribution in [2.45, 2.75) is 53.0 Å². The third-order valence-electron chi connectivity index (χ3n) is 6.65. The predicted octanol–water partition coefficient (Wildman–Crippen LogP) is 4.51. The van der Waals surface area contributed by atoms with Crippen molar-refractivity contribution in [3.8, 4) is 0 Å². The van der Waals surface area contributed by atoms with E-state index in [0.717, 1.165) is 28.5 Å². The molecule has 34 heavy (non-hydrogen) atoms. The van der Waals surface area contributed by atoms with E-state index in [9.17, 15) is 9.59 Å². The first-order valence-corrected chi connectivity index (χ1v) is 12.0. The Balaban J connectivity index is 1.66. The second kappa shape index (κ2) is 10.2. The summed E-state index contributed by atoms with van der Waals surface area (Å²) in [6.07, 6.45) is 0.990. The molecule has 2 atom stereocenters. The number of ketones is 1. The minimum Gasteiger partial charge on any atom is -0.463 e.